The van der Waals surface area contributed by atoms with Gasteiger partial charge in [-0.05, 0) is 69.5 Å². The van der Waals surface area contributed by atoms with Crippen LogP contribution in [0.15, 0.2) is 54.1 Å². The molecule has 5 nitrogen and oxygen atoms in total. The van der Waals surface area contributed by atoms with Gasteiger partial charge in [0.25, 0.3) is 0 Å². The minimum Gasteiger partial charge on any atom is -0.507 e. The predicted octanol–water partition coefficient (Wildman–Crippen LogP) is 5.81. The van der Waals surface area contributed by atoms with Gasteiger partial charge in [-0.15, -0.1) is 0 Å². The average Bonchev–Trinajstić information content (AvgIpc) is 3.09. The molecule has 4 rings (SSSR count). The van der Waals surface area contributed by atoms with Gasteiger partial charge in [0, 0.05) is 10.8 Å². The lowest BCUT2D eigenvalue weighted by atomic mass is 9.99. The molecule has 0 radical (unpaired) electrons. The summed E-state index contributed by atoms with van der Waals surface area (Å²) in [4.78, 5) is 0. The first-order valence-corrected chi connectivity index (χ1v) is 10.0. The van der Waals surface area contributed by atoms with Crippen LogP contribution in [0.3, 0.4) is 0 Å². The Morgan fingerprint density at radius 1 is 1.03 bits per heavy atom. The third-order valence-corrected chi connectivity index (χ3v) is 5.42. The fourth-order valence-corrected chi connectivity index (χ4v) is 3.88. The van der Waals surface area contributed by atoms with Crippen LogP contribution in [0.5, 0.6) is 17.2 Å². The number of rotatable bonds is 5. The van der Waals surface area contributed by atoms with Gasteiger partial charge >= 0.3 is 0 Å². The van der Waals surface area contributed by atoms with Gasteiger partial charge in [0.2, 0.25) is 0 Å². The highest BCUT2D eigenvalue weighted by Crippen LogP contribution is 2.44. The lowest BCUT2D eigenvalue weighted by Crippen LogP contribution is -1.97. The number of benzene rings is 3. The Morgan fingerprint density at radius 3 is 2.43 bits per heavy atom. The normalized spacial score (nSPS) is 11.2. The number of aromatic hydroxyl groups is 2. The molecule has 5 heteroatoms. The second-order valence-electron chi connectivity index (χ2n) is 7.82. The van der Waals surface area contributed by atoms with Crippen molar-refractivity contribution in [2.75, 3.05) is 7.11 Å². The maximum Gasteiger partial charge on any atom is 0.150 e. The standard InChI is InChI=1S/C25H26N2O3/c1-15(2)6-5-7-17-8-13-20-21(14-17)25(29)23-22(24(20)28)16(3)26-27(23)18-9-11-19(30-4)12-10-18/h6,8-14,28-29H,5,7H2,1-4H3. The van der Waals surface area contributed by atoms with E-state index >= 15 is 0 Å². The van der Waals surface area contributed by atoms with Crippen molar-refractivity contribution in [2.45, 2.75) is 33.6 Å². The van der Waals surface area contributed by atoms with Gasteiger partial charge in [0.05, 0.1) is 23.9 Å². The number of hydrogen-bond acceptors (Lipinski definition) is 4. The van der Waals surface area contributed by atoms with Crippen molar-refractivity contribution < 1.29 is 14.9 Å². The van der Waals surface area contributed by atoms with Crippen molar-refractivity contribution in [3.05, 3.63) is 65.4 Å². The van der Waals surface area contributed by atoms with Crippen LogP contribution in [0.1, 0.15) is 31.5 Å². The van der Waals surface area contributed by atoms with Gasteiger partial charge in [-0.1, -0.05) is 23.8 Å². The number of aryl methyl sites for hydroxylation is 2. The summed E-state index contributed by atoms with van der Waals surface area (Å²) >= 11 is 0. The summed E-state index contributed by atoms with van der Waals surface area (Å²) in [6.45, 7) is 6.01. The minimum absolute atomic E-state index is 0.123. The summed E-state index contributed by atoms with van der Waals surface area (Å²) in [6, 6.07) is 13.3. The molecule has 4 aromatic rings. The number of ether oxygens (including phenoxy) is 1. The van der Waals surface area contributed by atoms with E-state index in [0.717, 1.165) is 29.8 Å². The highest BCUT2D eigenvalue weighted by Gasteiger charge is 2.21. The first kappa shape index (κ1) is 19.8. The number of methoxy groups -OCH3 is 1. The number of phenols is 2. The molecule has 0 saturated carbocycles. The molecule has 1 heterocycles. The Morgan fingerprint density at radius 2 is 1.77 bits per heavy atom. The average molecular weight is 402 g/mol. The molecule has 1 aromatic heterocycles. The number of aromatic nitrogens is 2. The third-order valence-electron chi connectivity index (χ3n) is 5.42. The molecule has 0 amide bonds. The zero-order valence-electron chi connectivity index (χ0n) is 17.7. The molecule has 0 aliphatic rings. The maximum absolute atomic E-state index is 11.2. The molecule has 0 aliphatic carbocycles. The molecule has 2 N–H and O–H groups in total. The topological polar surface area (TPSA) is 67.5 Å². The van der Waals surface area contributed by atoms with Crippen molar-refractivity contribution >= 4 is 21.7 Å². The van der Waals surface area contributed by atoms with E-state index in [0.29, 0.717) is 27.4 Å². The molecule has 0 aliphatic heterocycles. The zero-order chi connectivity index (χ0) is 21.4. The Labute approximate surface area is 175 Å². The Balaban J connectivity index is 1.91. The molecule has 0 spiro atoms. The lowest BCUT2D eigenvalue weighted by Gasteiger charge is -2.11. The molecule has 0 saturated heterocycles. The zero-order valence-corrected chi connectivity index (χ0v) is 17.7. The Hall–Kier alpha value is -3.47. The number of allylic oxidation sites excluding steroid dienone is 2. The molecule has 0 atom stereocenters. The van der Waals surface area contributed by atoms with Crippen molar-refractivity contribution in [2.24, 2.45) is 0 Å². The van der Waals surface area contributed by atoms with Crippen molar-refractivity contribution in [3.63, 3.8) is 0 Å². The molecule has 3 aromatic carbocycles. The smallest absolute Gasteiger partial charge is 0.150 e. The number of phenolic OH excluding ortho intramolecular Hbond substituents is 2. The van der Waals surface area contributed by atoms with Crippen LogP contribution in [0.4, 0.5) is 0 Å². The van der Waals surface area contributed by atoms with Gasteiger partial charge in [-0.25, -0.2) is 4.68 Å². The largest absolute Gasteiger partial charge is 0.507 e. The molecule has 0 bridgehead atoms. The van der Waals surface area contributed by atoms with Gasteiger partial charge in [0.15, 0.2) is 0 Å². The minimum atomic E-state index is 0.123. The van der Waals surface area contributed by atoms with E-state index in [1.807, 2.05) is 49.4 Å². The van der Waals surface area contributed by atoms with Crippen LogP contribution in [0, 0.1) is 6.92 Å². The van der Waals surface area contributed by atoms with E-state index in [9.17, 15) is 10.2 Å². The molecule has 0 unspecified atom stereocenters. The van der Waals surface area contributed by atoms with Gasteiger partial charge < -0.3 is 14.9 Å². The highest BCUT2D eigenvalue weighted by atomic mass is 16.5. The molecular formula is C25H26N2O3. The van der Waals surface area contributed by atoms with Crippen LogP contribution in [-0.4, -0.2) is 27.1 Å². The van der Waals surface area contributed by atoms with Crippen LogP contribution >= 0.6 is 0 Å². The second kappa shape index (κ2) is 7.75. The molecule has 30 heavy (non-hydrogen) atoms. The van der Waals surface area contributed by atoms with Crippen molar-refractivity contribution in [1.82, 2.24) is 9.78 Å². The quantitative estimate of drug-likeness (QED) is 0.327. The Bertz CT molecular complexity index is 1260. The fraction of sp³-hybridized carbons (Fsp3) is 0.240. The van der Waals surface area contributed by atoms with Crippen LogP contribution < -0.4 is 4.74 Å². The highest BCUT2D eigenvalue weighted by molar-refractivity contribution is 6.10. The summed E-state index contributed by atoms with van der Waals surface area (Å²) < 4.78 is 6.91. The summed E-state index contributed by atoms with van der Waals surface area (Å²) in [7, 11) is 1.62. The maximum atomic E-state index is 11.2. The van der Waals surface area contributed by atoms with Crippen LogP contribution in [0.2, 0.25) is 0 Å². The third kappa shape index (κ3) is 3.36. The van der Waals surface area contributed by atoms with Crippen molar-refractivity contribution in [1.29, 1.82) is 0 Å². The van der Waals surface area contributed by atoms with E-state index < -0.39 is 0 Å². The number of nitrogens with zero attached hydrogens (tertiary/aromatic N) is 2. The van der Waals surface area contributed by atoms with E-state index in [-0.39, 0.29) is 11.5 Å². The first-order valence-electron chi connectivity index (χ1n) is 10.0. The van der Waals surface area contributed by atoms with Crippen LogP contribution in [-0.2, 0) is 6.42 Å². The fourth-order valence-electron chi connectivity index (χ4n) is 3.88. The van der Waals surface area contributed by atoms with Gasteiger partial charge in [0.1, 0.15) is 22.8 Å². The summed E-state index contributed by atoms with van der Waals surface area (Å²) in [5, 5.41) is 28.6. The van der Waals surface area contributed by atoms with E-state index in [2.05, 4.69) is 25.0 Å². The van der Waals surface area contributed by atoms with E-state index in [1.54, 1.807) is 11.8 Å². The predicted molar refractivity (Wildman–Crippen MR) is 121 cm³/mol. The molecule has 154 valence electrons. The monoisotopic (exact) mass is 402 g/mol. The van der Waals surface area contributed by atoms with Gasteiger partial charge in [-0.2, -0.15) is 5.10 Å². The summed E-state index contributed by atoms with van der Waals surface area (Å²) in [5.74, 6) is 1.01. The van der Waals surface area contributed by atoms with Gasteiger partial charge in [-0.3, -0.25) is 0 Å². The van der Waals surface area contributed by atoms with E-state index in [4.69, 9.17) is 4.74 Å². The summed E-state index contributed by atoms with van der Waals surface area (Å²) in [6.07, 6.45) is 4.01. The summed E-state index contributed by atoms with van der Waals surface area (Å²) in [5.41, 5.74) is 4.34. The van der Waals surface area contributed by atoms with E-state index in [1.165, 1.54) is 5.57 Å². The molecular weight excluding hydrogens is 376 g/mol. The van der Waals surface area contributed by atoms with Crippen molar-refractivity contribution in [3.8, 4) is 22.9 Å². The number of hydrogen-bond donors (Lipinski definition) is 2. The lowest BCUT2D eigenvalue weighted by molar-refractivity contribution is 0.414. The molecule has 0 fully saturated rings. The van der Waals surface area contributed by atoms with Crippen LogP contribution in [0.25, 0.3) is 27.4 Å². The SMILES string of the molecule is COc1ccc(-n2nc(C)c3c(O)c4ccc(CCC=C(C)C)cc4c(O)c32)cc1. The second-order valence-corrected chi connectivity index (χ2v) is 7.82. The first-order chi connectivity index (χ1) is 14.4. The Kier molecular flexibility index (Phi) is 5.12. The number of fused-ring (bicyclic) bond motifs is 2.